The average molecular weight is 641 g/mol. The molecule has 1 heterocycles. The van der Waals surface area contributed by atoms with Crippen LogP contribution < -0.4 is 5.32 Å². The molecular weight excluding hydrogens is 588 g/mol. The summed E-state index contributed by atoms with van der Waals surface area (Å²) in [7, 11) is 0. The summed E-state index contributed by atoms with van der Waals surface area (Å²) in [4.78, 5) is 30.3. The van der Waals surface area contributed by atoms with Gasteiger partial charge in [0.05, 0.1) is 32.5 Å². The molecule has 1 N–H and O–H groups in total. The highest BCUT2D eigenvalue weighted by molar-refractivity contribution is 5.90. The summed E-state index contributed by atoms with van der Waals surface area (Å²) >= 11 is 0. The molecule has 1 fully saturated rings. The fraction of sp³-hybridized carbons (Fsp3) is 0.450. The van der Waals surface area contributed by atoms with Crippen LogP contribution in [0.5, 0.6) is 0 Å². The normalized spacial score (nSPS) is 19.8. The van der Waals surface area contributed by atoms with Crippen molar-refractivity contribution in [3.05, 3.63) is 120 Å². The molecule has 252 valence electrons. The monoisotopic (exact) mass is 640 g/mol. The van der Waals surface area contributed by atoms with Gasteiger partial charge in [0.25, 0.3) is 0 Å². The van der Waals surface area contributed by atoms with E-state index in [4.69, 9.17) is 14.2 Å². The summed E-state index contributed by atoms with van der Waals surface area (Å²) in [6.07, 6.45) is 1.79. The van der Waals surface area contributed by atoms with Gasteiger partial charge in [-0.1, -0.05) is 118 Å². The third-order valence-electron chi connectivity index (χ3n) is 8.19. The van der Waals surface area contributed by atoms with E-state index in [0.717, 1.165) is 23.1 Å². The molecule has 0 bridgehead atoms. The average Bonchev–Trinajstić information content (AvgIpc) is 3.34. The van der Waals surface area contributed by atoms with Crippen LogP contribution in [0.15, 0.2) is 104 Å². The molecule has 3 aromatic rings. The SMILES string of the molecule is C=CCCC(=O)N1[C@H](COCc2ccccc2)[C@H](OCc2ccccc2)[C@H](OCc2ccccc2)[C@H]1C(=O)NC(C)(C)CC(C)(C)C. The van der Waals surface area contributed by atoms with E-state index in [9.17, 15) is 9.59 Å². The van der Waals surface area contributed by atoms with Crippen LogP contribution in [0, 0.1) is 5.41 Å². The molecule has 0 aromatic heterocycles. The zero-order valence-corrected chi connectivity index (χ0v) is 28.7. The number of ether oxygens (including phenoxy) is 3. The Balaban J connectivity index is 1.73. The van der Waals surface area contributed by atoms with E-state index in [2.05, 4.69) is 32.7 Å². The maximum absolute atomic E-state index is 14.5. The van der Waals surface area contributed by atoms with Crippen molar-refractivity contribution in [2.45, 2.75) is 104 Å². The highest BCUT2D eigenvalue weighted by atomic mass is 16.5. The van der Waals surface area contributed by atoms with Crippen molar-refractivity contribution in [3.63, 3.8) is 0 Å². The van der Waals surface area contributed by atoms with Gasteiger partial charge in [-0.15, -0.1) is 6.58 Å². The summed E-state index contributed by atoms with van der Waals surface area (Å²) in [5.74, 6) is -0.422. The van der Waals surface area contributed by atoms with Crippen LogP contribution in [0.25, 0.3) is 0 Å². The Morgan fingerprint density at radius 1 is 0.766 bits per heavy atom. The lowest BCUT2D eigenvalue weighted by Gasteiger charge is -2.36. The van der Waals surface area contributed by atoms with Gasteiger partial charge >= 0.3 is 0 Å². The van der Waals surface area contributed by atoms with Crippen molar-refractivity contribution in [1.82, 2.24) is 10.2 Å². The first-order valence-electron chi connectivity index (χ1n) is 16.6. The van der Waals surface area contributed by atoms with Crippen molar-refractivity contribution in [3.8, 4) is 0 Å². The van der Waals surface area contributed by atoms with Gasteiger partial charge in [-0.2, -0.15) is 0 Å². The number of hydrogen-bond donors (Lipinski definition) is 1. The Morgan fingerprint density at radius 3 is 1.74 bits per heavy atom. The Bertz CT molecular complexity index is 1400. The highest BCUT2D eigenvalue weighted by Crippen LogP contribution is 2.35. The molecule has 4 atom stereocenters. The molecule has 7 nitrogen and oxygen atoms in total. The zero-order chi connectivity index (χ0) is 33.9. The molecule has 1 aliphatic heterocycles. The molecule has 0 unspecified atom stereocenters. The minimum atomic E-state index is -0.929. The van der Waals surface area contributed by atoms with Crippen LogP contribution in [0.4, 0.5) is 0 Å². The summed E-state index contributed by atoms with van der Waals surface area (Å²) in [6.45, 7) is 15.4. The summed E-state index contributed by atoms with van der Waals surface area (Å²) in [5, 5.41) is 3.29. The van der Waals surface area contributed by atoms with Gasteiger partial charge in [-0.05, 0) is 48.8 Å². The third-order valence-corrected chi connectivity index (χ3v) is 8.19. The third kappa shape index (κ3) is 10.9. The second-order valence-corrected chi connectivity index (χ2v) is 14.3. The number of amides is 2. The van der Waals surface area contributed by atoms with E-state index in [-0.39, 0.29) is 36.9 Å². The summed E-state index contributed by atoms with van der Waals surface area (Å²) in [6, 6.07) is 28.2. The molecule has 1 aliphatic rings. The molecular formula is C40H52N2O5. The Morgan fingerprint density at radius 2 is 1.26 bits per heavy atom. The zero-order valence-electron chi connectivity index (χ0n) is 28.7. The van der Waals surface area contributed by atoms with Gasteiger partial charge < -0.3 is 24.4 Å². The van der Waals surface area contributed by atoms with Crippen LogP contribution in [0.2, 0.25) is 0 Å². The van der Waals surface area contributed by atoms with Crippen molar-refractivity contribution in [2.24, 2.45) is 5.41 Å². The Kier molecular flexibility index (Phi) is 12.9. The van der Waals surface area contributed by atoms with E-state index in [1.54, 1.807) is 11.0 Å². The molecule has 4 rings (SSSR count). The Hall–Kier alpha value is -3.78. The standard InChI is InChI=1S/C40H52N2O5/c1-7-8-24-34(43)42-33(28-45-25-30-18-12-9-13-19-30)36(46-26-31-20-14-10-15-21-31)37(47-27-32-22-16-11-17-23-32)35(42)38(44)41-40(5,6)29-39(2,3)4/h7,9-23,33,35-37H,1,8,24-29H2,2-6H3,(H,41,44)/t33-,35+,36+,37-/m1/s1. The maximum Gasteiger partial charge on any atom is 0.246 e. The van der Waals surface area contributed by atoms with Crippen molar-refractivity contribution in [1.29, 1.82) is 0 Å². The summed E-state index contributed by atoms with van der Waals surface area (Å²) < 4.78 is 19.6. The molecule has 7 heteroatoms. The van der Waals surface area contributed by atoms with Crippen LogP contribution in [-0.4, -0.2) is 53.2 Å². The minimum Gasteiger partial charge on any atom is -0.375 e. The second kappa shape index (κ2) is 16.9. The van der Waals surface area contributed by atoms with Crippen LogP contribution in [0.1, 0.15) is 70.6 Å². The van der Waals surface area contributed by atoms with Gasteiger partial charge in [0.1, 0.15) is 18.2 Å². The number of hydrogen-bond acceptors (Lipinski definition) is 5. The molecule has 0 radical (unpaired) electrons. The molecule has 2 amide bonds. The number of nitrogens with zero attached hydrogens (tertiary/aromatic N) is 1. The van der Waals surface area contributed by atoms with Gasteiger partial charge in [0.15, 0.2) is 0 Å². The predicted octanol–water partition coefficient (Wildman–Crippen LogP) is 7.25. The van der Waals surface area contributed by atoms with Crippen molar-refractivity contribution >= 4 is 11.8 Å². The minimum absolute atomic E-state index is 0.0235. The number of nitrogens with one attached hydrogen (secondary N) is 1. The van der Waals surface area contributed by atoms with Crippen molar-refractivity contribution < 1.29 is 23.8 Å². The fourth-order valence-corrected chi connectivity index (χ4v) is 6.64. The van der Waals surface area contributed by atoms with E-state index in [1.807, 2.05) is 105 Å². The highest BCUT2D eigenvalue weighted by Gasteiger charge is 2.56. The number of allylic oxidation sites excluding steroid dienone is 1. The lowest BCUT2D eigenvalue weighted by Crippen LogP contribution is -2.57. The first kappa shape index (κ1) is 36.1. The smallest absolute Gasteiger partial charge is 0.246 e. The van der Waals surface area contributed by atoms with Gasteiger partial charge in [0, 0.05) is 12.0 Å². The van der Waals surface area contributed by atoms with E-state index < -0.39 is 29.8 Å². The quantitative estimate of drug-likeness (QED) is 0.167. The summed E-state index contributed by atoms with van der Waals surface area (Å²) in [5.41, 5.74) is 2.42. The first-order valence-corrected chi connectivity index (χ1v) is 16.6. The largest absolute Gasteiger partial charge is 0.375 e. The number of benzene rings is 3. The molecule has 0 saturated carbocycles. The lowest BCUT2D eigenvalue weighted by molar-refractivity contribution is -0.145. The molecule has 3 aromatic carbocycles. The lowest BCUT2D eigenvalue weighted by atomic mass is 9.81. The second-order valence-electron chi connectivity index (χ2n) is 14.3. The fourth-order valence-electron chi connectivity index (χ4n) is 6.64. The van der Waals surface area contributed by atoms with E-state index in [1.165, 1.54) is 0 Å². The molecule has 0 spiro atoms. The van der Waals surface area contributed by atoms with E-state index >= 15 is 0 Å². The van der Waals surface area contributed by atoms with Crippen LogP contribution >= 0.6 is 0 Å². The Labute approximate surface area is 281 Å². The number of likely N-dealkylation sites (tertiary alicyclic amines) is 1. The van der Waals surface area contributed by atoms with Crippen LogP contribution in [-0.2, 0) is 43.6 Å². The number of carbonyl (C=O) groups is 2. The van der Waals surface area contributed by atoms with Gasteiger partial charge in [-0.25, -0.2) is 0 Å². The molecule has 0 aliphatic carbocycles. The van der Waals surface area contributed by atoms with Crippen LogP contribution in [0.3, 0.4) is 0 Å². The number of carbonyl (C=O) groups excluding carboxylic acids is 2. The van der Waals surface area contributed by atoms with Gasteiger partial charge in [-0.3, -0.25) is 9.59 Å². The first-order chi connectivity index (χ1) is 22.5. The van der Waals surface area contributed by atoms with Gasteiger partial charge in [0.2, 0.25) is 11.8 Å². The molecule has 47 heavy (non-hydrogen) atoms. The topological polar surface area (TPSA) is 77.1 Å². The predicted molar refractivity (Wildman–Crippen MR) is 186 cm³/mol. The molecule has 1 saturated heterocycles. The maximum atomic E-state index is 14.5. The van der Waals surface area contributed by atoms with E-state index in [0.29, 0.717) is 19.6 Å². The van der Waals surface area contributed by atoms with Crippen molar-refractivity contribution in [2.75, 3.05) is 6.61 Å². The number of rotatable bonds is 16.